The zero-order chi connectivity index (χ0) is 17.0. The van der Waals surface area contributed by atoms with Gasteiger partial charge in [-0.15, -0.1) is 6.58 Å². The molecule has 0 amide bonds. The third kappa shape index (κ3) is 3.41. The fourth-order valence-corrected chi connectivity index (χ4v) is 2.52. The highest BCUT2D eigenvalue weighted by Crippen LogP contribution is 2.21. The molecule has 0 atom stereocenters. The molecular weight excluding hydrogens is 288 g/mol. The molecule has 1 heterocycles. The van der Waals surface area contributed by atoms with Gasteiger partial charge >= 0.3 is 0 Å². The van der Waals surface area contributed by atoms with Crippen molar-refractivity contribution in [2.75, 3.05) is 0 Å². The summed E-state index contributed by atoms with van der Waals surface area (Å²) < 4.78 is 1.98. The first-order chi connectivity index (χ1) is 11.0. The van der Waals surface area contributed by atoms with Crippen LogP contribution in [0.2, 0.25) is 0 Å². The Hall–Kier alpha value is -3.06. The number of Topliss-reactive ketones (excluding diaryl/α,β-unsaturated/α-hetero) is 1. The summed E-state index contributed by atoms with van der Waals surface area (Å²) in [6.07, 6.45) is 3.25. The lowest BCUT2D eigenvalue weighted by Crippen LogP contribution is -2.05. The van der Waals surface area contributed by atoms with Crippen LogP contribution in [-0.4, -0.2) is 15.5 Å². The average molecular weight is 306 g/mol. The van der Waals surface area contributed by atoms with Gasteiger partial charge in [0.15, 0.2) is 0 Å². The molecule has 23 heavy (non-hydrogen) atoms. The summed E-state index contributed by atoms with van der Waals surface area (Å²) in [4.78, 5) is 12.7. The number of ketones is 1. The number of carbonyl (C=O) groups is 1. The van der Waals surface area contributed by atoms with E-state index in [0.717, 1.165) is 11.4 Å². The fraction of sp³-hybridized carbons (Fsp3) is 0.158. The maximum atomic E-state index is 12.7. The number of phenolic OH excluding ortho intramolecular Hbond substituents is 1. The second kappa shape index (κ2) is 6.80. The lowest BCUT2D eigenvalue weighted by Gasteiger charge is -2.06. The highest BCUT2D eigenvalue weighted by molar-refractivity contribution is 6.14. The zero-order valence-electron chi connectivity index (χ0n) is 13.2. The van der Waals surface area contributed by atoms with Crippen LogP contribution in [0.5, 0.6) is 5.75 Å². The third-order valence-electron chi connectivity index (χ3n) is 3.68. The zero-order valence-corrected chi connectivity index (χ0v) is 13.2. The van der Waals surface area contributed by atoms with Crippen LogP contribution in [0.1, 0.15) is 27.3 Å². The molecule has 0 spiro atoms. The molecule has 0 aliphatic rings. The number of hydrogen-bond donors (Lipinski definition) is 1. The summed E-state index contributed by atoms with van der Waals surface area (Å²) in [7, 11) is 0. The molecular formula is C19H18N2O2. The van der Waals surface area contributed by atoms with E-state index in [1.54, 1.807) is 24.3 Å². The highest BCUT2D eigenvalue weighted by atomic mass is 16.3. The SMILES string of the molecule is C=CCn1c(C)cc(C(=O)/C(C#N)=C/c2cccc(O)c2)c1C. The van der Waals surface area contributed by atoms with Gasteiger partial charge in [0.05, 0.1) is 0 Å². The van der Waals surface area contributed by atoms with Crippen LogP contribution in [0, 0.1) is 25.2 Å². The maximum Gasteiger partial charge on any atom is 0.205 e. The normalized spacial score (nSPS) is 11.1. The molecule has 2 rings (SSSR count). The molecule has 0 aliphatic heterocycles. The van der Waals surface area contributed by atoms with Gasteiger partial charge in [-0.05, 0) is 43.7 Å². The molecule has 0 saturated heterocycles. The van der Waals surface area contributed by atoms with Crippen molar-refractivity contribution in [1.29, 1.82) is 5.26 Å². The summed E-state index contributed by atoms with van der Waals surface area (Å²) in [5, 5.41) is 18.8. The Bertz CT molecular complexity index is 836. The Balaban J connectivity index is 2.44. The predicted molar refractivity (Wildman–Crippen MR) is 90.1 cm³/mol. The van der Waals surface area contributed by atoms with Crippen LogP contribution in [0.15, 0.2) is 48.6 Å². The van der Waals surface area contributed by atoms with Crippen molar-refractivity contribution in [3.05, 3.63) is 71.1 Å². The van der Waals surface area contributed by atoms with E-state index in [9.17, 15) is 15.2 Å². The number of carbonyl (C=O) groups excluding carboxylic acids is 1. The van der Waals surface area contributed by atoms with E-state index in [-0.39, 0.29) is 17.1 Å². The number of aromatic hydroxyl groups is 1. The smallest absolute Gasteiger partial charge is 0.205 e. The second-order valence-corrected chi connectivity index (χ2v) is 5.28. The predicted octanol–water partition coefficient (Wildman–Crippen LogP) is 3.79. The van der Waals surface area contributed by atoms with Crippen LogP contribution >= 0.6 is 0 Å². The number of rotatable bonds is 5. The number of benzene rings is 1. The number of phenols is 1. The topological polar surface area (TPSA) is 66.0 Å². The van der Waals surface area contributed by atoms with Gasteiger partial charge in [0, 0.05) is 23.5 Å². The molecule has 116 valence electrons. The number of aryl methyl sites for hydroxylation is 1. The number of hydrogen-bond acceptors (Lipinski definition) is 3. The highest BCUT2D eigenvalue weighted by Gasteiger charge is 2.18. The van der Waals surface area contributed by atoms with Gasteiger partial charge in [-0.1, -0.05) is 18.2 Å². The van der Waals surface area contributed by atoms with E-state index in [1.165, 1.54) is 18.2 Å². The molecule has 1 aromatic heterocycles. The van der Waals surface area contributed by atoms with Gasteiger partial charge in [0.25, 0.3) is 0 Å². The molecule has 0 unspecified atom stereocenters. The summed E-state index contributed by atoms with van der Waals surface area (Å²) in [5.41, 5.74) is 2.91. The Labute approximate surface area is 135 Å². The van der Waals surface area contributed by atoms with Gasteiger partial charge in [-0.2, -0.15) is 5.26 Å². The van der Waals surface area contributed by atoms with E-state index in [4.69, 9.17) is 0 Å². The van der Waals surface area contributed by atoms with Crippen molar-refractivity contribution in [1.82, 2.24) is 4.57 Å². The van der Waals surface area contributed by atoms with Gasteiger partial charge in [-0.3, -0.25) is 4.79 Å². The number of nitriles is 1. The third-order valence-corrected chi connectivity index (χ3v) is 3.68. The monoisotopic (exact) mass is 306 g/mol. The van der Waals surface area contributed by atoms with E-state index >= 15 is 0 Å². The molecule has 2 aromatic rings. The molecule has 0 aliphatic carbocycles. The van der Waals surface area contributed by atoms with Gasteiger partial charge < -0.3 is 9.67 Å². The summed E-state index contributed by atoms with van der Waals surface area (Å²) in [6, 6.07) is 10.2. The Morgan fingerprint density at radius 2 is 2.13 bits per heavy atom. The molecule has 4 heteroatoms. The molecule has 0 bridgehead atoms. The minimum atomic E-state index is -0.320. The van der Waals surface area contributed by atoms with Gasteiger partial charge in [0.2, 0.25) is 5.78 Å². The molecule has 0 radical (unpaired) electrons. The summed E-state index contributed by atoms with van der Waals surface area (Å²) in [5.74, 6) is -0.230. The molecule has 0 saturated carbocycles. The van der Waals surface area contributed by atoms with Gasteiger partial charge in [0.1, 0.15) is 17.4 Å². The van der Waals surface area contributed by atoms with Crippen molar-refractivity contribution >= 4 is 11.9 Å². The molecule has 1 N–H and O–H groups in total. The first-order valence-electron chi connectivity index (χ1n) is 7.21. The van der Waals surface area contributed by atoms with Crippen LogP contribution in [0.3, 0.4) is 0 Å². The van der Waals surface area contributed by atoms with Gasteiger partial charge in [-0.25, -0.2) is 0 Å². The Morgan fingerprint density at radius 3 is 2.74 bits per heavy atom. The van der Waals surface area contributed by atoms with E-state index in [1.807, 2.05) is 24.5 Å². The summed E-state index contributed by atoms with van der Waals surface area (Å²) >= 11 is 0. The second-order valence-electron chi connectivity index (χ2n) is 5.28. The average Bonchev–Trinajstić information content (AvgIpc) is 2.80. The number of allylic oxidation sites excluding steroid dienone is 2. The molecule has 1 aromatic carbocycles. The quantitative estimate of drug-likeness (QED) is 0.395. The van der Waals surface area contributed by atoms with Crippen molar-refractivity contribution in [3.8, 4) is 11.8 Å². The fourth-order valence-electron chi connectivity index (χ4n) is 2.52. The van der Waals surface area contributed by atoms with E-state index in [2.05, 4.69) is 6.58 Å². The minimum Gasteiger partial charge on any atom is -0.508 e. The summed E-state index contributed by atoms with van der Waals surface area (Å²) in [6.45, 7) is 8.10. The van der Waals surface area contributed by atoms with Crippen molar-refractivity contribution in [3.63, 3.8) is 0 Å². The van der Waals surface area contributed by atoms with Crippen molar-refractivity contribution < 1.29 is 9.90 Å². The molecule has 4 nitrogen and oxygen atoms in total. The Morgan fingerprint density at radius 1 is 1.39 bits per heavy atom. The lowest BCUT2D eigenvalue weighted by molar-refractivity contribution is 0.103. The van der Waals surface area contributed by atoms with Crippen LogP contribution < -0.4 is 0 Å². The standard InChI is InChI=1S/C19H18N2O2/c1-4-8-21-13(2)9-18(14(21)3)19(23)16(12-20)10-15-6-5-7-17(22)11-15/h4-7,9-11,22H,1,8H2,2-3H3/b16-10+. The molecule has 0 fully saturated rings. The first kappa shape index (κ1) is 16.3. The van der Waals surface area contributed by atoms with E-state index in [0.29, 0.717) is 17.7 Å². The number of aromatic nitrogens is 1. The maximum absolute atomic E-state index is 12.7. The van der Waals surface area contributed by atoms with Crippen LogP contribution in [-0.2, 0) is 6.54 Å². The van der Waals surface area contributed by atoms with Crippen LogP contribution in [0.25, 0.3) is 6.08 Å². The first-order valence-corrected chi connectivity index (χ1v) is 7.21. The largest absolute Gasteiger partial charge is 0.508 e. The Kier molecular flexibility index (Phi) is 4.82. The number of nitrogens with zero attached hydrogens (tertiary/aromatic N) is 2. The van der Waals surface area contributed by atoms with Crippen molar-refractivity contribution in [2.24, 2.45) is 0 Å². The van der Waals surface area contributed by atoms with Crippen LogP contribution in [0.4, 0.5) is 0 Å². The van der Waals surface area contributed by atoms with Crippen molar-refractivity contribution in [2.45, 2.75) is 20.4 Å². The minimum absolute atomic E-state index is 0.0365. The van der Waals surface area contributed by atoms with E-state index < -0.39 is 0 Å². The lowest BCUT2D eigenvalue weighted by atomic mass is 10.0.